The number of likely N-dealkylation sites (N-methyl/N-ethyl adjacent to an activating group) is 1. The molecule has 0 radical (unpaired) electrons. The Balaban J connectivity index is 1.95. The molecule has 0 bridgehead atoms. The Hall–Kier alpha value is -1.67. The summed E-state index contributed by atoms with van der Waals surface area (Å²) in [5, 5.41) is 3.44. The molecule has 0 aliphatic heterocycles. The molecule has 0 saturated carbocycles. The fourth-order valence-corrected chi connectivity index (χ4v) is 2.31. The second kappa shape index (κ2) is 7.05. The Morgan fingerprint density at radius 3 is 2.42 bits per heavy atom. The minimum absolute atomic E-state index is 0.536. The fourth-order valence-electron chi connectivity index (χ4n) is 2.31. The summed E-state index contributed by atoms with van der Waals surface area (Å²) in [6.07, 6.45) is 5.79. The van der Waals surface area contributed by atoms with Crippen molar-refractivity contribution < 1.29 is 0 Å². The summed E-state index contributed by atoms with van der Waals surface area (Å²) >= 11 is 0. The van der Waals surface area contributed by atoms with E-state index in [1.165, 1.54) is 16.7 Å². The standard InChI is InChI=1S/C17H22N2/c1-3-19-14(2)11-15-6-8-16(9-7-15)12-17-5-4-10-18-13-17/h4-10,13-14,19H,3,11-12H2,1-2H3. The van der Waals surface area contributed by atoms with Gasteiger partial charge in [0.1, 0.15) is 0 Å². The summed E-state index contributed by atoms with van der Waals surface area (Å²) in [5.74, 6) is 0. The molecule has 2 aromatic rings. The van der Waals surface area contributed by atoms with Gasteiger partial charge in [0.25, 0.3) is 0 Å². The van der Waals surface area contributed by atoms with Crippen LogP contribution in [0.4, 0.5) is 0 Å². The maximum absolute atomic E-state index is 4.15. The van der Waals surface area contributed by atoms with E-state index in [1.54, 1.807) is 0 Å². The smallest absolute Gasteiger partial charge is 0.0303 e. The topological polar surface area (TPSA) is 24.9 Å². The molecule has 2 rings (SSSR count). The highest BCUT2D eigenvalue weighted by Gasteiger charge is 2.02. The molecule has 1 atom stereocenters. The van der Waals surface area contributed by atoms with Gasteiger partial charge < -0.3 is 5.32 Å². The van der Waals surface area contributed by atoms with Crippen molar-refractivity contribution in [2.45, 2.75) is 32.7 Å². The first-order chi connectivity index (χ1) is 9.28. The molecule has 1 unspecified atom stereocenters. The van der Waals surface area contributed by atoms with Crippen molar-refractivity contribution in [2.24, 2.45) is 0 Å². The number of hydrogen-bond acceptors (Lipinski definition) is 2. The fraction of sp³-hybridized carbons (Fsp3) is 0.353. The van der Waals surface area contributed by atoms with Crippen LogP contribution in [0.15, 0.2) is 48.8 Å². The quantitative estimate of drug-likeness (QED) is 0.856. The van der Waals surface area contributed by atoms with Crippen molar-refractivity contribution in [3.8, 4) is 0 Å². The molecule has 0 fully saturated rings. The molecule has 2 nitrogen and oxygen atoms in total. The summed E-state index contributed by atoms with van der Waals surface area (Å²) in [6, 6.07) is 13.6. The van der Waals surface area contributed by atoms with Crippen molar-refractivity contribution >= 4 is 0 Å². The summed E-state index contributed by atoms with van der Waals surface area (Å²) in [5.41, 5.74) is 3.99. The first kappa shape index (κ1) is 13.8. The van der Waals surface area contributed by atoms with E-state index >= 15 is 0 Å². The van der Waals surface area contributed by atoms with Gasteiger partial charge in [0.2, 0.25) is 0 Å². The molecule has 19 heavy (non-hydrogen) atoms. The maximum Gasteiger partial charge on any atom is 0.0303 e. The normalized spacial score (nSPS) is 12.3. The van der Waals surface area contributed by atoms with Crippen LogP contribution in [0, 0.1) is 0 Å². The molecular formula is C17H22N2. The summed E-state index contributed by atoms with van der Waals surface area (Å²) in [6.45, 7) is 5.40. The van der Waals surface area contributed by atoms with Gasteiger partial charge in [0.05, 0.1) is 0 Å². The molecule has 0 saturated heterocycles. The first-order valence-corrected chi connectivity index (χ1v) is 6.98. The van der Waals surface area contributed by atoms with E-state index in [0.717, 1.165) is 19.4 Å². The lowest BCUT2D eigenvalue weighted by molar-refractivity contribution is 0.565. The molecule has 1 aromatic carbocycles. The Morgan fingerprint density at radius 1 is 1.05 bits per heavy atom. The lowest BCUT2D eigenvalue weighted by Gasteiger charge is -2.12. The number of rotatable bonds is 6. The number of aromatic nitrogens is 1. The van der Waals surface area contributed by atoms with Gasteiger partial charge in [-0.25, -0.2) is 0 Å². The monoisotopic (exact) mass is 254 g/mol. The average Bonchev–Trinajstić information content (AvgIpc) is 2.42. The third-order valence-electron chi connectivity index (χ3n) is 3.25. The predicted octanol–water partition coefficient (Wildman–Crippen LogP) is 3.21. The predicted molar refractivity (Wildman–Crippen MR) is 80.3 cm³/mol. The van der Waals surface area contributed by atoms with Gasteiger partial charge in [0, 0.05) is 18.4 Å². The maximum atomic E-state index is 4.15. The van der Waals surface area contributed by atoms with E-state index in [0.29, 0.717) is 6.04 Å². The average molecular weight is 254 g/mol. The Bertz CT molecular complexity index is 476. The van der Waals surface area contributed by atoms with Crippen LogP contribution in [-0.4, -0.2) is 17.6 Å². The lowest BCUT2D eigenvalue weighted by atomic mass is 10.0. The second-order valence-electron chi connectivity index (χ2n) is 5.02. The van der Waals surface area contributed by atoms with Crippen molar-refractivity contribution in [3.63, 3.8) is 0 Å². The van der Waals surface area contributed by atoms with Gasteiger partial charge in [-0.2, -0.15) is 0 Å². The molecular weight excluding hydrogens is 232 g/mol. The van der Waals surface area contributed by atoms with Gasteiger partial charge in [0.15, 0.2) is 0 Å². The molecule has 0 spiro atoms. The highest BCUT2D eigenvalue weighted by atomic mass is 14.9. The van der Waals surface area contributed by atoms with Crippen LogP contribution in [0.3, 0.4) is 0 Å². The van der Waals surface area contributed by atoms with Crippen LogP contribution in [0.5, 0.6) is 0 Å². The first-order valence-electron chi connectivity index (χ1n) is 6.98. The molecule has 100 valence electrons. The molecule has 2 heteroatoms. The second-order valence-corrected chi connectivity index (χ2v) is 5.02. The molecule has 0 aliphatic carbocycles. The van der Waals surface area contributed by atoms with Crippen LogP contribution in [-0.2, 0) is 12.8 Å². The van der Waals surface area contributed by atoms with Crippen LogP contribution in [0.25, 0.3) is 0 Å². The molecule has 0 amide bonds. The van der Waals surface area contributed by atoms with Crippen LogP contribution in [0.2, 0.25) is 0 Å². The van der Waals surface area contributed by atoms with Crippen molar-refractivity contribution in [2.75, 3.05) is 6.54 Å². The van der Waals surface area contributed by atoms with Gasteiger partial charge in [-0.3, -0.25) is 4.98 Å². The summed E-state index contributed by atoms with van der Waals surface area (Å²) < 4.78 is 0. The van der Waals surface area contributed by atoms with E-state index in [4.69, 9.17) is 0 Å². The van der Waals surface area contributed by atoms with E-state index in [9.17, 15) is 0 Å². The number of hydrogen-bond donors (Lipinski definition) is 1. The summed E-state index contributed by atoms with van der Waals surface area (Å²) in [4.78, 5) is 4.15. The van der Waals surface area contributed by atoms with Crippen LogP contribution >= 0.6 is 0 Å². The van der Waals surface area contributed by atoms with Crippen molar-refractivity contribution in [1.82, 2.24) is 10.3 Å². The third kappa shape index (κ3) is 4.49. The van der Waals surface area contributed by atoms with Crippen molar-refractivity contribution in [1.29, 1.82) is 0 Å². The van der Waals surface area contributed by atoms with E-state index in [-0.39, 0.29) is 0 Å². The van der Waals surface area contributed by atoms with Crippen LogP contribution < -0.4 is 5.32 Å². The van der Waals surface area contributed by atoms with Gasteiger partial charge in [-0.15, -0.1) is 0 Å². The zero-order valence-electron chi connectivity index (χ0n) is 11.8. The lowest BCUT2D eigenvalue weighted by Crippen LogP contribution is -2.27. The number of benzene rings is 1. The highest BCUT2D eigenvalue weighted by molar-refractivity contribution is 5.27. The molecule has 1 heterocycles. The Kier molecular flexibility index (Phi) is 5.10. The van der Waals surface area contributed by atoms with Crippen LogP contribution in [0.1, 0.15) is 30.5 Å². The largest absolute Gasteiger partial charge is 0.314 e. The molecule has 0 aliphatic rings. The Labute approximate surface area is 115 Å². The number of nitrogens with zero attached hydrogens (tertiary/aromatic N) is 1. The Morgan fingerprint density at radius 2 is 1.79 bits per heavy atom. The van der Waals surface area contributed by atoms with E-state index < -0.39 is 0 Å². The van der Waals surface area contributed by atoms with Gasteiger partial charge in [-0.1, -0.05) is 37.3 Å². The minimum atomic E-state index is 0.536. The molecule has 1 aromatic heterocycles. The van der Waals surface area contributed by atoms with E-state index in [2.05, 4.69) is 54.5 Å². The zero-order chi connectivity index (χ0) is 13.5. The van der Waals surface area contributed by atoms with Crippen molar-refractivity contribution in [3.05, 3.63) is 65.5 Å². The SMILES string of the molecule is CCNC(C)Cc1ccc(Cc2cccnc2)cc1. The number of nitrogens with one attached hydrogen (secondary N) is 1. The number of pyridine rings is 1. The van der Waals surface area contributed by atoms with Gasteiger partial charge in [-0.05, 0) is 49.1 Å². The third-order valence-corrected chi connectivity index (χ3v) is 3.25. The minimum Gasteiger partial charge on any atom is -0.314 e. The van der Waals surface area contributed by atoms with Gasteiger partial charge >= 0.3 is 0 Å². The highest BCUT2D eigenvalue weighted by Crippen LogP contribution is 2.11. The zero-order valence-corrected chi connectivity index (χ0v) is 11.8. The summed E-state index contributed by atoms with van der Waals surface area (Å²) in [7, 11) is 0. The molecule has 1 N–H and O–H groups in total. The van der Waals surface area contributed by atoms with E-state index in [1.807, 2.05) is 18.5 Å².